The zero-order valence-electron chi connectivity index (χ0n) is 15.2. The molecule has 0 bridgehead atoms. The average molecular weight is 378 g/mol. The second-order valence-electron chi connectivity index (χ2n) is 6.89. The van der Waals surface area contributed by atoms with E-state index in [1.807, 2.05) is 6.92 Å². The molecule has 1 aliphatic carbocycles. The van der Waals surface area contributed by atoms with Crippen molar-refractivity contribution in [3.63, 3.8) is 0 Å². The van der Waals surface area contributed by atoms with Gasteiger partial charge in [0, 0.05) is 59.9 Å². The Morgan fingerprint density at radius 2 is 1.73 bits per heavy atom. The first-order valence-corrected chi connectivity index (χ1v) is 10.5. The van der Waals surface area contributed by atoms with Crippen molar-refractivity contribution in [1.82, 2.24) is 15.1 Å². The zero-order chi connectivity index (χ0) is 18.7. The molecule has 8 heteroatoms. The minimum absolute atomic E-state index is 0.0822. The lowest BCUT2D eigenvalue weighted by molar-refractivity contribution is -0.126. The molecule has 26 heavy (non-hydrogen) atoms. The molecule has 0 unspecified atom stereocenters. The molecule has 2 aliphatic rings. The van der Waals surface area contributed by atoms with Crippen LogP contribution in [0.25, 0.3) is 0 Å². The number of nitrogens with zero attached hydrogens (tertiary/aromatic N) is 2. The summed E-state index contributed by atoms with van der Waals surface area (Å²) >= 11 is 0. The lowest BCUT2D eigenvalue weighted by Crippen LogP contribution is -2.55. The molecule has 2 fully saturated rings. The van der Waals surface area contributed by atoms with Crippen LogP contribution >= 0.6 is 0 Å². The van der Waals surface area contributed by atoms with Gasteiger partial charge in [-0.3, -0.25) is 13.9 Å². The number of urea groups is 1. The first kappa shape index (κ1) is 18.8. The van der Waals surface area contributed by atoms with E-state index in [1.165, 1.54) is 0 Å². The normalized spacial score (nSPS) is 20.3. The van der Waals surface area contributed by atoms with Crippen molar-refractivity contribution in [1.29, 1.82) is 0 Å². The third kappa shape index (κ3) is 4.82. The number of benzene rings is 1. The second kappa shape index (κ2) is 8.18. The van der Waals surface area contributed by atoms with Crippen LogP contribution in [0, 0.1) is 0 Å². The monoisotopic (exact) mass is 378 g/mol. The third-order valence-corrected chi connectivity index (χ3v) is 5.83. The van der Waals surface area contributed by atoms with Crippen LogP contribution < -0.4 is 10.6 Å². The van der Waals surface area contributed by atoms with Crippen molar-refractivity contribution in [2.45, 2.75) is 36.7 Å². The molecule has 0 radical (unpaired) electrons. The first-order valence-electron chi connectivity index (χ1n) is 8.98. The molecular weight excluding hydrogens is 352 g/mol. The quantitative estimate of drug-likeness (QED) is 0.808. The number of piperazine rings is 1. The highest BCUT2D eigenvalue weighted by Crippen LogP contribution is 2.19. The van der Waals surface area contributed by atoms with Crippen LogP contribution in [0.5, 0.6) is 0 Å². The van der Waals surface area contributed by atoms with Gasteiger partial charge < -0.3 is 15.5 Å². The molecule has 1 heterocycles. The van der Waals surface area contributed by atoms with Gasteiger partial charge >= 0.3 is 6.03 Å². The van der Waals surface area contributed by atoms with E-state index < -0.39 is 10.8 Å². The minimum atomic E-state index is -1.03. The first-order chi connectivity index (χ1) is 12.4. The summed E-state index contributed by atoms with van der Waals surface area (Å²) in [7, 11) is -1.03. The van der Waals surface area contributed by atoms with Gasteiger partial charge in [0.15, 0.2) is 0 Å². The van der Waals surface area contributed by atoms with Crippen LogP contribution in [0.2, 0.25) is 0 Å². The van der Waals surface area contributed by atoms with Crippen molar-refractivity contribution in [2.75, 3.05) is 37.8 Å². The summed E-state index contributed by atoms with van der Waals surface area (Å²) in [5.41, 5.74) is 0.684. The summed E-state index contributed by atoms with van der Waals surface area (Å²) in [4.78, 5) is 29.2. The van der Waals surface area contributed by atoms with Gasteiger partial charge in [-0.25, -0.2) is 4.79 Å². The highest BCUT2D eigenvalue weighted by atomic mass is 32.2. The molecule has 0 aromatic heterocycles. The largest absolute Gasteiger partial charge is 0.352 e. The van der Waals surface area contributed by atoms with E-state index in [9.17, 15) is 13.8 Å². The van der Waals surface area contributed by atoms with E-state index >= 15 is 0 Å². The summed E-state index contributed by atoms with van der Waals surface area (Å²) in [5, 5.41) is 5.90. The fourth-order valence-electron chi connectivity index (χ4n) is 2.96. The zero-order valence-corrected chi connectivity index (χ0v) is 16.1. The topological polar surface area (TPSA) is 81.8 Å². The van der Waals surface area contributed by atoms with E-state index in [-0.39, 0.29) is 18.0 Å². The number of hydrogen-bond acceptors (Lipinski definition) is 4. The minimum Gasteiger partial charge on any atom is -0.352 e. The summed E-state index contributed by atoms with van der Waals surface area (Å²) in [6.45, 7) is 4.46. The van der Waals surface area contributed by atoms with Crippen LogP contribution in [0.4, 0.5) is 10.5 Å². The third-order valence-electron chi connectivity index (χ3n) is 4.89. The van der Waals surface area contributed by atoms with Crippen LogP contribution in [-0.4, -0.2) is 70.5 Å². The molecule has 2 N–H and O–H groups in total. The molecule has 1 aliphatic heterocycles. The van der Waals surface area contributed by atoms with Crippen molar-refractivity contribution >= 4 is 28.4 Å². The molecule has 7 nitrogen and oxygen atoms in total. The van der Waals surface area contributed by atoms with Crippen molar-refractivity contribution in [3.8, 4) is 0 Å². The summed E-state index contributed by atoms with van der Waals surface area (Å²) in [5.74, 6) is 0.0822. The number of hydrogen-bond donors (Lipinski definition) is 2. The maximum Gasteiger partial charge on any atom is 0.321 e. The lowest BCUT2D eigenvalue weighted by Gasteiger charge is -2.37. The predicted octanol–water partition coefficient (Wildman–Crippen LogP) is 1.24. The molecule has 3 rings (SSSR count). The molecule has 1 saturated heterocycles. The molecule has 2 atom stereocenters. The maximum absolute atomic E-state index is 12.4. The lowest BCUT2D eigenvalue weighted by atomic mass is 10.2. The van der Waals surface area contributed by atoms with E-state index in [4.69, 9.17) is 0 Å². The Hall–Kier alpha value is -1.93. The van der Waals surface area contributed by atoms with Crippen molar-refractivity contribution < 1.29 is 13.8 Å². The van der Waals surface area contributed by atoms with Crippen LogP contribution in [-0.2, 0) is 15.6 Å². The summed E-state index contributed by atoms with van der Waals surface area (Å²) < 4.78 is 11.4. The molecule has 0 spiro atoms. The van der Waals surface area contributed by atoms with Gasteiger partial charge in [-0.2, -0.15) is 0 Å². The Kier molecular flexibility index (Phi) is 5.93. The van der Waals surface area contributed by atoms with Gasteiger partial charge in [0.2, 0.25) is 5.91 Å². The van der Waals surface area contributed by atoms with Crippen LogP contribution in [0.3, 0.4) is 0 Å². The van der Waals surface area contributed by atoms with Crippen LogP contribution in [0.15, 0.2) is 29.2 Å². The van der Waals surface area contributed by atoms with Gasteiger partial charge in [-0.1, -0.05) is 0 Å². The number of carbonyl (C=O) groups excluding carboxylic acids is 2. The number of rotatable bonds is 5. The Balaban J connectivity index is 1.46. The molecule has 142 valence electrons. The van der Waals surface area contributed by atoms with E-state index in [0.717, 1.165) is 17.7 Å². The Bertz CT molecular complexity index is 682. The Labute approximate surface area is 156 Å². The SMILES string of the molecule is C[C@@H](C(=O)NC1CC1)N1CCN(C(=O)Nc2ccc([S@@](C)=O)cc2)CC1. The van der Waals surface area contributed by atoms with Gasteiger partial charge in [0.05, 0.1) is 6.04 Å². The van der Waals surface area contributed by atoms with Gasteiger partial charge in [-0.05, 0) is 44.0 Å². The predicted molar refractivity (Wildman–Crippen MR) is 102 cm³/mol. The summed E-state index contributed by atoms with van der Waals surface area (Å²) in [6.07, 6.45) is 3.79. The van der Waals surface area contributed by atoms with Gasteiger partial charge in [0.1, 0.15) is 0 Å². The molecule has 1 aromatic carbocycles. The Morgan fingerprint density at radius 3 is 2.27 bits per heavy atom. The number of amides is 3. The van der Waals surface area contributed by atoms with Crippen molar-refractivity contribution in [2.24, 2.45) is 0 Å². The number of nitrogens with one attached hydrogen (secondary N) is 2. The molecule has 1 aromatic rings. The Morgan fingerprint density at radius 1 is 1.12 bits per heavy atom. The van der Waals surface area contributed by atoms with E-state index in [0.29, 0.717) is 37.9 Å². The van der Waals surface area contributed by atoms with Gasteiger partial charge in [-0.15, -0.1) is 0 Å². The average Bonchev–Trinajstić information content (AvgIpc) is 3.45. The second-order valence-corrected chi connectivity index (χ2v) is 8.27. The summed E-state index contributed by atoms with van der Waals surface area (Å²) in [6, 6.07) is 7.08. The number of anilines is 1. The maximum atomic E-state index is 12.4. The fourth-order valence-corrected chi connectivity index (χ4v) is 3.48. The fraction of sp³-hybridized carbons (Fsp3) is 0.556. The smallest absolute Gasteiger partial charge is 0.321 e. The van der Waals surface area contributed by atoms with Crippen LogP contribution in [0.1, 0.15) is 19.8 Å². The standard InChI is InChI=1S/C18H26N4O3S/c1-13(17(23)19-14-3-4-14)21-9-11-22(12-10-21)18(24)20-15-5-7-16(8-6-15)26(2)25/h5-8,13-14H,3-4,9-12H2,1-2H3,(H,19,23)(H,20,24)/t13-,26+/m0/s1. The molecular formula is C18H26N4O3S. The molecule has 1 saturated carbocycles. The highest BCUT2D eigenvalue weighted by molar-refractivity contribution is 7.84. The van der Waals surface area contributed by atoms with Gasteiger partial charge in [0.25, 0.3) is 0 Å². The van der Waals surface area contributed by atoms with E-state index in [2.05, 4.69) is 15.5 Å². The number of carbonyl (C=O) groups is 2. The van der Waals surface area contributed by atoms with E-state index in [1.54, 1.807) is 35.4 Å². The highest BCUT2D eigenvalue weighted by Gasteiger charge is 2.30. The van der Waals surface area contributed by atoms with Crippen molar-refractivity contribution in [3.05, 3.63) is 24.3 Å². The molecule has 3 amide bonds.